The lowest BCUT2D eigenvalue weighted by atomic mass is 10.1. The van der Waals surface area contributed by atoms with E-state index in [0.717, 1.165) is 12.2 Å². The molecule has 0 fully saturated rings. The van der Waals surface area contributed by atoms with E-state index in [0.29, 0.717) is 0 Å². The summed E-state index contributed by atoms with van der Waals surface area (Å²) in [6.07, 6.45) is 3.17. The van der Waals surface area contributed by atoms with Crippen molar-refractivity contribution in [1.29, 1.82) is 0 Å². The molecular formula is C10H15NS. The predicted molar refractivity (Wildman–Crippen MR) is 56.4 cm³/mol. The fourth-order valence-electron chi connectivity index (χ4n) is 1.11. The maximum absolute atomic E-state index is 5.97. The molecule has 0 aliphatic rings. The second kappa shape index (κ2) is 5.22. The second-order valence-corrected chi connectivity index (χ2v) is 3.78. The van der Waals surface area contributed by atoms with E-state index in [9.17, 15) is 0 Å². The van der Waals surface area contributed by atoms with Crippen molar-refractivity contribution in [3.63, 3.8) is 0 Å². The zero-order valence-electron chi connectivity index (χ0n) is 7.36. The molecular weight excluding hydrogens is 166 g/mol. The van der Waals surface area contributed by atoms with Crippen molar-refractivity contribution in [2.24, 2.45) is 5.73 Å². The molecule has 1 unspecified atom stereocenters. The Hall–Kier alpha value is -0.470. The Morgan fingerprint density at radius 3 is 2.58 bits per heavy atom. The topological polar surface area (TPSA) is 26.0 Å². The minimum Gasteiger partial charge on any atom is -0.324 e. The molecule has 0 aliphatic heterocycles. The maximum Gasteiger partial charge on any atom is 0.0302 e. The highest BCUT2D eigenvalue weighted by atomic mass is 32.2. The van der Waals surface area contributed by atoms with Crippen LogP contribution in [-0.2, 0) is 0 Å². The molecule has 1 nitrogen and oxygen atoms in total. The third kappa shape index (κ3) is 2.88. The highest BCUT2D eigenvalue weighted by molar-refractivity contribution is 7.98. The van der Waals surface area contributed by atoms with Crippen molar-refractivity contribution in [1.82, 2.24) is 0 Å². The summed E-state index contributed by atoms with van der Waals surface area (Å²) >= 11 is 1.84. The van der Waals surface area contributed by atoms with Crippen LogP contribution in [0.3, 0.4) is 0 Å². The largest absolute Gasteiger partial charge is 0.324 e. The summed E-state index contributed by atoms with van der Waals surface area (Å²) in [5, 5.41) is 0. The zero-order valence-corrected chi connectivity index (χ0v) is 8.18. The Morgan fingerprint density at radius 1 is 1.33 bits per heavy atom. The van der Waals surface area contributed by atoms with Gasteiger partial charge in [-0.05, 0) is 24.0 Å². The first-order valence-corrected chi connectivity index (χ1v) is 5.53. The molecule has 0 aliphatic carbocycles. The van der Waals surface area contributed by atoms with Crippen molar-refractivity contribution in [2.45, 2.75) is 12.5 Å². The molecule has 1 aromatic rings. The first-order chi connectivity index (χ1) is 5.84. The molecule has 1 aromatic carbocycles. The lowest BCUT2D eigenvalue weighted by molar-refractivity contribution is 0.706. The van der Waals surface area contributed by atoms with Gasteiger partial charge in [0.25, 0.3) is 0 Å². The fourth-order valence-corrected chi connectivity index (χ4v) is 1.60. The molecule has 0 radical (unpaired) electrons. The van der Waals surface area contributed by atoms with E-state index >= 15 is 0 Å². The van der Waals surface area contributed by atoms with E-state index in [1.165, 1.54) is 5.56 Å². The number of benzene rings is 1. The minimum absolute atomic E-state index is 0.207. The summed E-state index contributed by atoms with van der Waals surface area (Å²) in [4.78, 5) is 0. The number of thioether (sulfide) groups is 1. The van der Waals surface area contributed by atoms with Gasteiger partial charge in [-0.2, -0.15) is 11.8 Å². The van der Waals surface area contributed by atoms with Gasteiger partial charge in [-0.25, -0.2) is 0 Å². The van der Waals surface area contributed by atoms with E-state index in [2.05, 4.69) is 18.4 Å². The molecule has 0 spiro atoms. The Labute approximate surface area is 78.4 Å². The normalized spacial score (nSPS) is 12.8. The zero-order chi connectivity index (χ0) is 8.81. The molecule has 2 heteroatoms. The molecule has 1 atom stereocenters. The number of nitrogens with two attached hydrogens (primary N) is 1. The molecule has 0 heterocycles. The molecule has 0 aromatic heterocycles. The molecule has 0 saturated heterocycles. The van der Waals surface area contributed by atoms with Crippen LogP contribution in [0.5, 0.6) is 0 Å². The van der Waals surface area contributed by atoms with Crippen LogP contribution in [0.2, 0.25) is 0 Å². The van der Waals surface area contributed by atoms with Crippen LogP contribution in [-0.4, -0.2) is 12.0 Å². The van der Waals surface area contributed by atoms with Gasteiger partial charge in [0, 0.05) is 6.04 Å². The summed E-state index contributed by atoms with van der Waals surface area (Å²) in [6, 6.07) is 10.5. The minimum atomic E-state index is 0.207. The fraction of sp³-hybridized carbons (Fsp3) is 0.400. The van der Waals surface area contributed by atoms with E-state index < -0.39 is 0 Å². The van der Waals surface area contributed by atoms with Gasteiger partial charge in [0.05, 0.1) is 0 Å². The summed E-state index contributed by atoms with van der Waals surface area (Å²) in [5.41, 5.74) is 7.21. The van der Waals surface area contributed by atoms with Gasteiger partial charge in [-0.3, -0.25) is 0 Å². The second-order valence-electron chi connectivity index (χ2n) is 2.80. The van der Waals surface area contributed by atoms with Gasteiger partial charge in [0.2, 0.25) is 0 Å². The average molecular weight is 181 g/mol. The molecule has 2 N–H and O–H groups in total. The molecule has 66 valence electrons. The molecule has 1 rings (SSSR count). The van der Waals surface area contributed by atoms with Gasteiger partial charge in [0.15, 0.2) is 0 Å². The van der Waals surface area contributed by atoms with Crippen LogP contribution >= 0.6 is 11.8 Å². The Morgan fingerprint density at radius 2 is 2.00 bits per heavy atom. The van der Waals surface area contributed by atoms with Crippen molar-refractivity contribution in [3.05, 3.63) is 35.9 Å². The van der Waals surface area contributed by atoms with Crippen molar-refractivity contribution in [3.8, 4) is 0 Å². The van der Waals surface area contributed by atoms with Crippen molar-refractivity contribution in [2.75, 3.05) is 12.0 Å². The Bertz CT molecular complexity index is 210. The monoisotopic (exact) mass is 181 g/mol. The van der Waals surface area contributed by atoms with E-state index in [1.54, 1.807) is 0 Å². The SMILES string of the molecule is CSCCC(N)c1ccccc1. The number of hydrogen-bond donors (Lipinski definition) is 1. The lowest BCUT2D eigenvalue weighted by Crippen LogP contribution is -2.10. The van der Waals surface area contributed by atoms with Gasteiger partial charge in [-0.15, -0.1) is 0 Å². The van der Waals surface area contributed by atoms with Crippen LogP contribution in [0.4, 0.5) is 0 Å². The number of hydrogen-bond acceptors (Lipinski definition) is 2. The quantitative estimate of drug-likeness (QED) is 0.772. The third-order valence-corrected chi connectivity index (χ3v) is 2.50. The first kappa shape index (κ1) is 9.62. The molecule has 0 bridgehead atoms. The van der Waals surface area contributed by atoms with Crippen LogP contribution in [0.15, 0.2) is 30.3 Å². The summed E-state index contributed by atoms with van der Waals surface area (Å²) in [5.74, 6) is 1.13. The van der Waals surface area contributed by atoms with Crippen LogP contribution < -0.4 is 5.73 Å². The van der Waals surface area contributed by atoms with E-state index in [1.807, 2.05) is 30.0 Å². The maximum atomic E-state index is 5.97. The van der Waals surface area contributed by atoms with Crippen molar-refractivity contribution >= 4 is 11.8 Å². The molecule has 0 amide bonds. The Kier molecular flexibility index (Phi) is 4.19. The summed E-state index contributed by atoms with van der Waals surface area (Å²) in [6.45, 7) is 0. The van der Waals surface area contributed by atoms with Crippen molar-refractivity contribution < 1.29 is 0 Å². The van der Waals surface area contributed by atoms with Crippen LogP contribution in [0.25, 0.3) is 0 Å². The lowest BCUT2D eigenvalue weighted by Gasteiger charge is -2.10. The highest BCUT2D eigenvalue weighted by Crippen LogP contribution is 2.14. The van der Waals surface area contributed by atoms with Gasteiger partial charge < -0.3 is 5.73 Å². The average Bonchev–Trinajstić information content (AvgIpc) is 2.15. The molecule has 0 saturated carbocycles. The summed E-state index contributed by atoms with van der Waals surface area (Å²) < 4.78 is 0. The van der Waals surface area contributed by atoms with Crippen LogP contribution in [0, 0.1) is 0 Å². The first-order valence-electron chi connectivity index (χ1n) is 4.14. The number of rotatable bonds is 4. The predicted octanol–water partition coefficient (Wildman–Crippen LogP) is 2.44. The van der Waals surface area contributed by atoms with E-state index in [4.69, 9.17) is 5.73 Å². The van der Waals surface area contributed by atoms with Crippen LogP contribution in [0.1, 0.15) is 18.0 Å². The Balaban J connectivity index is 2.48. The van der Waals surface area contributed by atoms with Gasteiger partial charge in [0.1, 0.15) is 0 Å². The third-order valence-electron chi connectivity index (χ3n) is 1.86. The van der Waals surface area contributed by atoms with Gasteiger partial charge in [-0.1, -0.05) is 30.3 Å². The smallest absolute Gasteiger partial charge is 0.0302 e. The van der Waals surface area contributed by atoms with Gasteiger partial charge >= 0.3 is 0 Å². The highest BCUT2D eigenvalue weighted by Gasteiger charge is 2.02. The molecule has 12 heavy (non-hydrogen) atoms. The van der Waals surface area contributed by atoms with E-state index in [-0.39, 0.29) is 6.04 Å². The summed E-state index contributed by atoms with van der Waals surface area (Å²) in [7, 11) is 0. The standard InChI is InChI=1S/C10H15NS/c1-12-8-7-10(11)9-5-3-2-4-6-9/h2-6,10H,7-8,11H2,1H3.